The lowest BCUT2D eigenvalue weighted by Gasteiger charge is -2.11. The summed E-state index contributed by atoms with van der Waals surface area (Å²) in [7, 11) is 0. The SMILES string of the molecule is CCCOc1ccccc1CNc1nnnn1CCC. The van der Waals surface area contributed by atoms with Crippen LogP contribution in [0.5, 0.6) is 5.75 Å². The van der Waals surface area contributed by atoms with Crippen LogP contribution in [0.3, 0.4) is 0 Å². The number of rotatable bonds is 8. The molecule has 1 aromatic heterocycles. The van der Waals surface area contributed by atoms with E-state index in [2.05, 4.69) is 34.7 Å². The number of tetrazole rings is 1. The van der Waals surface area contributed by atoms with Crippen molar-refractivity contribution in [2.45, 2.75) is 39.8 Å². The first-order valence-corrected chi connectivity index (χ1v) is 7.05. The first-order valence-electron chi connectivity index (χ1n) is 7.05. The van der Waals surface area contributed by atoms with Crippen LogP contribution in [-0.2, 0) is 13.1 Å². The molecule has 0 aliphatic rings. The summed E-state index contributed by atoms with van der Waals surface area (Å²) < 4.78 is 7.51. The lowest BCUT2D eigenvalue weighted by molar-refractivity contribution is 0.314. The van der Waals surface area contributed by atoms with Crippen molar-refractivity contribution in [1.82, 2.24) is 20.2 Å². The quantitative estimate of drug-likeness (QED) is 0.801. The number of aromatic nitrogens is 4. The van der Waals surface area contributed by atoms with Crippen molar-refractivity contribution in [3.8, 4) is 5.75 Å². The van der Waals surface area contributed by atoms with Gasteiger partial charge in [0, 0.05) is 18.7 Å². The normalized spacial score (nSPS) is 10.5. The van der Waals surface area contributed by atoms with E-state index in [1.807, 2.05) is 24.3 Å². The molecule has 0 aliphatic heterocycles. The zero-order valence-corrected chi connectivity index (χ0v) is 12.0. The molecule has 0 fully saturated rings. The van der Waals surface area contributed by atoms with Gasteiger partial charge in [-0.25, -0.2) is 4.68 Å². The smallest absolute Gasteiger partial charge is 0.243 e. The largest absolute Gasteiger partial charge is 0.493 e. The lowest BCUT2D eigenvalue weighted by atomic mass is 10.2. The molecule has 0 saturated heterocycles. The van der Waals surface area contributed by atoms with Gasteiger partial charge < -0.3 is 10.1 Å². The van der Waals surface area contributed by atoms with Gasteiger partial charge in [0.1, 0.15) is 5.75 Å². The van der Waals surface area contributed by atoms with E-state index < -0.39 is 0 Å². The van der Waals surface area contributed by atoms with Crippen molar-refractivity contribution in [1.29, 1.82) is 0 Å². The van der Waals surface area contributed by atoms with Crippen LogP contribution in [0, 0.1) is 0 Å². The topological polar surface area (TPSA) is 64.9 Å². The molecule has 6 nitrogen and oxygen atoms in total. The summed E-state index contributed by atoms with van der Waals surface area (Å²) in [5.41, 5.74) is 1.10. The molecule has 6 heteroatoms. The van der Waals surface area contributed by atoms with Crippen LogP contribution in [0.1, 0.15) is 32.3 Å². The molecular formula is C14H21N5O. The van der Waals surface area contributed by atoms with Crippen molar-refractivity contribution in [3.05, 3.63) is 29.8 Å². The van der Waals surface area contributed by atoms with Crippen molar-refractivity contribution in [2.75, 3.05) is 11.9 Å². The third-order valence-corrected chi connectivity index (χ3v) is 2.84. The van der Waals surface area contributed by atoms with Crippen LogP contribution < -0.4 is 10.1 Å². The third kappa shape index (κ3) is 3.69. The molecule has 108 valence electrons. The number of hydrogen-bond donors (Lipinski definition) is 1. The van der Waals surface area contributed by atoms with E-state index in [1.165, 1.54) is 0 Å². The fourth-order valence-electron chi connectivity index (χ4n) is 1.87. The fraction of sp³-hybridized carbons (Fsp3) is 0.500. The molecule has 1 aromatic carbocycles. The summed E-state index contributed by atoms with van der Waals surface area (Å²) in [4.78, 5) is 0. The monoisotopic (exact) mass is 275 g/mol. The van der Waals surface area contributed by atoms with Gasteiger partial charge in [0.2, 0.25) is 5.95 Å². The average Bonchev–Trinajstić information content (AvgIpc) is 2.91. The van der Waals surface area contributed by atoms with Crippen molar-refractivity contribution < 1.29 is 4.74 Å². The van der Waals surface area contributed by atoms with E-state index in [0.717, 1.165) is 37.3 Å². The Labute approximate surface area is 119 Å². The number of ether oxygens (including phenoxy) is 1. The Morgan fingerprint density at radius 2 is 2.05 bits per heavy atom. The average molecular weight is 275 g/mol. The number of nitrogens with zero attached hydrogens (tertiary/aromatic N) is 4. The molecule has 0 radical (unpaired) electrons. The molecule has 2 rings (SSSR count). The second-order valence-electron chi connectivity index (χ2n) is 4.54. The Morgan fingerprint density at radius 3 is 2.85 bits per heavy atom. The molecule has 20 heavy (non-hydrogen) atoms. The highest BCUT2D eigenvalue weighted by Gasteiger charge is 2.07. The molecule has 1 heterocycles. The van der Waals surface area contributed by atoms with Gasteiger partial charge in [-0.2, -0.15) is 0 Å². The zero-order valence-electron chi connectivity index (χ0n) is 12.0. The lowest BCUT2D eigenvalue weighted by Crippen LogP contribution is -2.10. The summed E-state index contributed by atoms with van der Waals surface area (Å²) in [5.74, 6) is 1.61. The molecule has 0 amide bonds. The first kappa shape index (κ1) is 14.3. The highest BCUT2D eigenvalue weighted by molar-refractivity contribution is 5.36. The van der Waals surface area contributed by atoms with E-state index in [4.69, 9.17) is 4.74 Å². The minimum Gasteiger partial charge on any atom is -0.493 e. The van der Waals surface area contributed by atoms with Gasteiger partial charge in [-0.15, -0.1) is 0 Å². The second kappa shape index (κ2) is 7.47. The number of benzene rings is 1. The number of hydrogen-bond acceptors (Lipinski definition) is 5. The van der Waals surface area contributed by atoms with Crippen molar-refractivity contribution in [3.63, 3.8) is 0 Å². The van der Waals surface area contributed by atoms with Crippen LogP contribution in [-0.4, -0.2) is 26.8 Å². The van der Waals surface area contributed by atoms with Crippen LogP contribution in [0.25, 0.3) is 0 Å². The number of anilines is 1. The van der Waals surface area contributed by atoms with Gasteiger partial charge in [-0.1, -0.05) is 37.1 Å². The minimum atomic E-state index is 0.643. The molecule has 1 N–H and O–H groups in total. The second-order valence-corrected chi connectivity index (χ2v) is 4.54. The number of para-hydroxylation sites is 1. The molecular weight excluding hydrogens is 254 g/mol. The maximum absolute atomic E-state index is 5.74. The predicted octanol–water partition coefficient (Wildman–Crippen LogP) is 2.48. The van der Waals surface area contributed by atoms with Gasteiger partial charge in [0.15, 0.2) is 0 Å². The number of nitrogens with one attached hydrogen (secondary N) is 1. The van der Waals surface area contributed by atoms with Gasteiger partial charge in [0.05, 0.1) is 6.61 Å². The molecule has 0 spiro atoms. The Balaban J connectivity index is 2.01. The third-order valence-electron chi connectivity index (χ3n) is 2.84. The van der Waals surface area contributed by atoms with E-state index in [1.54, 1.807) is 4.68 Å². The van der Waals surface area contributed by atoms with E-state index >= 15 is 0 Å². The summed E-state index contributed by atoms with van der Waals surface area (Å²) in [6.07, 6.45) is 1.99. The number of aryl methyl sites for hydroxylation is 1. The van der Waals surface area contributed by atoms with Gasteiger partial charge in [-0.05, 0) is 29.3 Å². The highest BCUT2D eigenvalue weighted by Crippen LogP contribution is 2.19. The molecule has 2 aromatic rings. The summed E-state index contributed by atoms with van der Waals surface area (Å²) in [6, 6.07) is 8.02. The van der Waals surface area contributed by atoms with E-state index in [-0.39, 0.29) is 0 Å². The Hall–Kier alpha value is -2.11. The Morgan fingerprint density at radius 1 is 1.20 bits per heavy atom. The van der Waals surface area contributed by atoms with Crippen molar-refractivity contribution in [2.24, 2.45) is 0 Å². The molecule has 0 unspecified atom stereocenters. The summed E-state index contributed by atoms with van der Waals surface area (Å²) in [6.45, 7) is 6.37. The summed E-state index contributed by atoms with van der Waals surface area (Å²) in [5, 5.41) is 14.9. The van der Waals surface area contributed by atoms with E-state index in [9.17, 15) is 0 Å². The van der Waals surface area contributed by atoms with E-state index in [0.29, 0.717) is 12.5 Å². The van der Waals surface area contributed by atoms with Crippen LogP contribution in [0.2, 0.25) is 0 Å². The highest BCUT2D eigenvalue weighted by atomic mass is 16.5. The predicted molar refractivity (Wildman–Crippen MR) is 77.7 cm³/mol. The molecule has 0 aliphatic carbocycles. The maximum atomic E-state index is 5.74. The van der Waals surface area contributed by atoms with Crippen LogP contribution >= 0.6 is 0 Å². The van der Waals surface area contributed by atoms with Crippen molar-refractivity contribution >= 4 is 5.95 Å². The zero-order chi connectivity index (χ0) is 14.2. The standard InChI is InChI=1S/C14H21N5O/c1-3-9-19-14(16-17-18-19)15-11-12-7-5-6-8-13(12)20-10-4-2/h5-8H,3-4,9-11H2,1-2H3,(H,15,16,18). The van der Waals surface area contributed by atoms with Crippen LogP contribution in [0.4, 0.5) is 5.95 Å². The van der Waals surface area contributed by atoms with Gasteiger partial charge in [0.25, 0.3) is 0 Å². The summed E-state index contributed by atoms with van der Waals surface area (Å²) >= 11 is 0. The molecule has 0 atom stereocenters. The first-order chi connectivity index (χ1) is 9.85. The Bertz CT molecular complexity index is 526. The maximum Gasteiger partial charge on any atom is 0.243 e. The Kier molecular flexibility index (Phi) is 5.34. The molecule has 0 saturated carbocycles. The fourth-order valence-corrected chi connectivity index (χ4v) is 1.87. The van der Waals surface area contributed by atoms with Gasteiger partial charge >= 0.3 is 0 Å². The van der Waals surface area contributed by atoms with Crippen LogP contribution in [0.15, 0.2) is 24.3 Å². The van der Waals surface area contributed by atoms with Gasteiger partial charge in [-0.3, -0.25) is 0 Å². The minimum absolute atomic E-state index is 0.643. The molecule has 0 bridgehead atoms.